The maximum atomic E-state index is 6.53. The summed E-state index contributed by atoms with van der Waals surface area (Å²) in [5.74, 6) is 0. The average molecular weight is 223 g/mol. The van der Waals surface area contributed by atoms with Gasteiger partial charge in [0.2, 0.25) is 0 Å². The van der Waals surface area contributed by atoms with Gasteiger partial charge in [0, 0.05) is 0 Å². The number of alkyl halides is 2. The molecule has 0 aliphatic heterocycles. The van der Waals surface area contributed by atoms with Crippen LogP contribution in [0, 0.1) is 0 Å². The second-order valence-electron chi connectivity index (χ2n) is 4.21. The molecule has 2 unspecified atom stereocenters. The Bertz CT molecular complexity index is 147. The van der Waals surface area contributed by atoms with E-state index in [9.17, 15) is 0 Å². The van der Waals surface area contributed by atoms with Crippen molar-refractivity contribution in [1.82, 2.24) is 0 Å². The third-order valence-electron chi connectivity index (χ3n) is 3.06. The monoisotopic (exact) mass is 222 g/mol. The number of halogens is 2. The second-order valence-corrected chi connectivity index (χ2v) is 5.48. The minimum atomic E-state index is -0.0744. The molecule has 1 fully saturated rings. The molecule has 0 bridgehead atoms. The molecule has 0 heterocycles. The summed E-state index contributed by atoms with van der Waals surface area (Å²) in [6.07, 6.45) is 9.65. The van der Waals surface area contributed by atoms with Gasteiger partial charge < -0.3 is 0 Å². The molecule has 1 aliphatic rings. The Morgan fingerprint density at radius 2 is 2.08 bits per heavy atom. The second kappa shape index (κ2) is 5.46. The first-order valence-electron chi connectivity index (χ1n) is 5.52. The maximum absolute atomic E-state index is 6.53. The molecule has 0 spiro atoms. The molecule has 1 rings (SSSR count). The SMILES string of the molecule is CCCCCC1(Cl)CCCCC1Cl. The van der Waals surface area contributed by atoms with Crippen LogP contribution in [0.2, 0.25) is 0 Å². The normalized spacial score (nSPS) is 34.8. The van der Waals surface area contributed by atoms with E-state index in [0.29, 0.717) is 0 Å². The summed E-state index contributed by atoms with van der Waals surface area (Å²) in [6, 6.07) is 0. The number of rotatable bonds is 4. The van der Waals surface area contributed by atoms with Crippen LogP contribution in [-0.4, -0.2) is 10.3 Å². The first-order chi connectivity index (χ1) is 6.19. The zero-order valence-corrected chi connectivity index (χ0v) is 10.0. The molecule has 2 atom stereocenters. The fourth-order valence-corrected chi connectivity index (χ4v) is 2.86. The molecule has 0 radical (unpaired) electrons. The Morgan fingerprint density at radius 3 is 2.69 bits per heavy atom. The number of unbranched alkanes of at least 4 members (excludes halogenated alkanes) is 2. The van der Waals surface area contributed by atoms with Crippen LogP contribution in [0.4, 0.5) is 0 Å². The maximum Gasteiger partial charge on any atom is 0.0609 e. The first-order valence-corrected chi connectivity index (χ1v) is 6.33. The van der Waals surface area contributed by atoms with Crippen molar-refractivity contribution < 1.29 is 0 Å². The van der Waals surface area contributed by atoms with Crippen molar-refractivity contribution >= 4 is 23.2 Å². The zero-order chi connectivity index (χ0) is 9.73. The van der Waals surface area contributed by atoms with Gasteiger partial charge in [-0.2, -0.15) is 0 Å². The molecule has 0 aromatic rings. The Balaban J connectivity index is 2.33. The third-order valence-corrected chi connectivity index (χ3v) is 4.45. The van der Waals surface area contributed by atoms with Crippen molar-refractivity contribution in [3.8, 4) is 0 Å². The Labute approximate surface area is 92.0 Å². The largest absolute Gasteiger partial charge is 0.121 e. The zero-order valence-electron chi connectivity index (χ0n) is 8.49. The summed E-state index contributed by atoms with van der Waals surface area (Å²) < 4.78 is 0. The molecule has 13 heavy (non-hydrogen) atoms. The molecule has 0 nitrogen and oxygen atoms in total. The molecule has 0 amide bonds. The molecule has 0 aromatic carbocycles. The van der Waals surface area contributed by atoms with Crippen LogP contribution in [0.1, 0.15) is 58.3 Å². The topological polar surface area (TPSA) is 0 Å². The fraction of sp³-hybridized carbons (Fsp3) is 1.00. The van der Waals surface area contributed by atoms with Crippen LogP contribution in [0.5, 0.6) is 0 Å². The van der Waals surface area contributed by atoms with E-state index < -0.39 is 0 Å². The van der Waals surface area contributed by atoms with Gasteiger partial charge in [0.1, 0.15) is 0 Å². The molecule has 0 saturated heterocycles. The summed E-state index contributed by atoms with van der Waals surface area (Å²) in [5.41, 5.74) is 0. The van der Waals surface area contributed by atoms with Crippen molar-refractivity contribution in [2.24, 2.45) is 0 Å². The highest BCUT2D eigenvalue weighted by Crippen LogP contribution is 2.41. The van der Waals surface area contributed by atoms with Gasteiger partial charge in [-0.05, 0) is 19.3 Å². The van der Waals surface area contributed by atoms with Gasteiger partial charge in [-0.25, -0.2) is 0 Å². The molecule has 1 saturated carbocycles. The van der Waals surface area contributed by atoms with E-state index in [1.165, 1.54) is 32.1 Å². The van der Waals surface area contributed by atoms with E-state index in [0.717, 1.165) is 19.3 Å². The van der Waals surface area contributed by atoms with E-state index in [-0.39, 0.29) is 10.3 Å². The summed E-state index contributed by atoms with van der Waals surface area (Å²) in [4.78, 5) is -0.0744. The summed E-state index contributed by atoms with van der Waals surface area (Å²) >= 11 is 12.8. The van der Waals surface area contributed by atoms with Crippen molar-refractivity contribution in [1.29, 1.82) is 0 Å². The number of hydrogen-bond donors (Lipinski definition) is 0. The van der Waals surface area contributed by atoms with Gasteiger partial charge in [-0.3, -0.25) is 0 Å². The van der Waals surface area contributed by atoms with Gasteiger partial charge in [-0.1, -0.05) is 39.0 Å². The van der Waals surface area contributed by atoms with Gasteiger partial charge in [0.15, 0.2) is 0 Å². The minimum absolute atomic E-state index is 0.0744. The minimum Gasteiger partial charge on any atom is -0.121 e. The van der Waals surface area contributed by atoms with Crippen LogP contribution < -0.4 is 0 Å². The van der Waals surface area contributed by atoms with Crippen molar-refractivity contribution in [2.75, 3.05) is 0 Å². The molecular weight excluding hydrogens is 203 g/mol. The van der Waals surface area contributed by atoms with Crippen LogP contribution in [0.25, 0.3) is 0 Å². The van der Waals surface area contributed by atoms with E-state index >= 15 is 0 Å². The van der Waals surface area contributed by atoms with Crippen molar-refractivity contribution in [3.05, 3.63) is 0 Å². The van der Waals surface area contributed by atoms with Gasteiger partial charge in [-0.15, -0.1) is 23.2 Å². The predicted octanol–water partition coefficient (Wildman–Crippen LogP) is 4.73. The summed E-state index contributed by atoms with van der Waals surface area (Å²) in [7, 11) is 0. The lowest BCUT2D eigenvalue weighted by molar-refractivity contribution is 0.366. The first kappa shape index (κ1) is 11.7. The van der Waals surface area contributed by atoms with E-state index in [1.807, 2.05) is 0 Å². The molecule has 78 valence electrons. The van der Waals surface area contributed by atoms with Crippen LogP contribution in [-0.2, 0) is 0 Å². The van der Waals surface area contributed by atoms with Gasteiger partial charge in [0.05, 0.1) is 10.3 Å². The highest BCUT2D eigenvalue weighted by molar-refractivity contribution is 6.32. The fourth-order valence-electron chi connectivity index (χ4n) is 2.11. The standard InChI is InChI=1S/C11H20Cl2/c1-2-3-5-8-11(13)9-6-4-7-10(11)12/h10H,2-9H2,1H3. The quantitative estimate of drug-likeness (QED) is 0.477. The average Bonchev–Trinajstić information content (AvgIpc) is 2.11. The highest BCUT2D eigenvalue weighted by atomic mass is 35.5. The third kappa shape index (κ3) is 3.32. The smallest absolute Gasteiger partial charge is 0.0609 e. The van der Waals surface area contributed by atoms with Crippen LogP contribution in [0.15, 0.2) is 0 Å². The lowest BCUT2D eigenvalue weighted by atomic mass is 9.84. The summed E-state index contributed by atoms with van der Waals surface area (Å²) in [6.45, 7) is 2.22. The van der Waals surface area contributed by atoms with E-state index in [1.54, 1.807) is 0 Å². The van der Waals surface area contributed by atoms with Crippen LogP contribution in [0.3, 0.4) is 0 Å². The molecule has 0 N–H and O–H groups in total. The highest BCUT2D eigenvalue weighted by Gasteiger charge is 2.36. The van der Waals surface area contributed by atoms with Crippen LogP contribution >= 0.6 is 23.2 Å². The Morgan fingerprint density at radius 1 is 1.31 bits per heavy atom. The van der Waals surface area contributed by atoms with Gasteiger partial charge >= 0.3 is 0 Å². The lowest BCUT2D eigenvalue weighted by Gasteiger charge is -2.35. The molecule has 2 heteroatoms. The van der Waals surface area contributed by atoms with E-state index in [2.05, 4.69) is 6.92 Å². The molecule has 0 aromatic heterocycles. The lowest BCUT2D eigenvalue weighted by Crippen LogP contribution is -2.36. The predicted molar refractivity (Wildman–Crippen MR) is 60.8 cm³/mol. The Kier molecular flexibility index (Phi) is 4.89. The van der Waals surface area contributed by atoms with E-state index in [4.69, 9.17) is 23.2 Å². The summed E-state index contributed by atoms with van der Waals surface area (Å²) in [5, 5.41) is 0.208. The number of hydrogen-bond acceptors (Lipinski definition) is 0. The van der Waals surface area contributed by atoms with Gasteiger partial charge in [0.25, 0.3) is 0 Å². The molecular formula is C11H20Cl2. The van der Waals surface area contributed by atoms with Crippen molar-refractivity contribution in [2.45, 2.75) is 68.5 Å². The Hall–Kier alpha value is 0.580. The molecule has 1 aliphatic carbocycles. The van der Waals surface area contributed by atoms with Crippen molar-refractivity contribution in [3.63, 3.8) is 0 Å².